The second-order valence-corrected chi connectivity index (χ2v) is 6.27. The molecule has 1 N–H and O–H groups in total. The van der Waals surface area contributed by atoms with Gasteiger partial charge in [0.2, 0.25) is 0 Å². The fraction of sp³-hybridized carbons (Fsp3) is 0.167. The summed E-state index contributed by atoms with van der Waals surface area (Å²) < 4.78 is 27.1. The predicted molar refractivity (Wildman–Crippen MR) is 91.1 cm³/mol. The van der Waals surface area contributed by atoms with Gasteiger partial charge in [-0.05, 0) is 36.1 Å². The zero-order chi connectivity index (χ0) is 17.3. The average Bonchev–Trinajstić information content (AvgIpc) is 3.02. The Morgan fingerprint density at radius 3 is 2.79 bits per heavy atom. The third-order valence-electron chi connectivity index (χ3n) is 3.94. The molecule has 0 bridgehead atoms. The Morgan fingerprint density at radius 1 is 1.25 bits per heavy atom. The predicted octanol–water partition coefficient (Wildman–Crippen LogP) is 4.46. The van der Waals surface area contributed by atoms with Gasteiger partial charge in [-0.15, -0.1) is 11.3 Å². The molecule has 1 aliphatic rings. The van der Waals surface area contributed by atoms with Gasteiger partial charge in [0.1, 0.15) is 6.54 Å². The van der Waals surface area contributed by atoms with Crippen LogP contribution in [0.5, 0.6) is 0 Å². The van der Waals surface area contributed by atoms with Gasteiger partial charge in [0.15, 0.2) is 11.6 Å². The summed E-state index contributed by atoms with van der Waals surface area (Å²) in [5.74, 6) is -2.69. The molecule has 1 aliphatic heterocycles. The summed E-state index contributed by atoms with van der Waals surface area (Å²) in [5, 5.41) is 13.0. The standard InChI is InChI=1S/C18H15F2NO2S/c1-11-7-13(6-5-12-3-2-4-15(19)18(12)20)21(8-17(22)23)16-10-24-9-14(11)16/h2-4,7,9-10H,1,5-6,8H2,(H,22,23). The van der Waals surface area contributed by atoms with E-state index in [0.29, 0.717) is 6.42 Å². The lowest BCUT2D eigenvalue weighted by Gasteiger charge is -2.30. The number of aryl methyl sites for hydroxylation is 1. The summed E-state index contributed by atoms with van der Waals surface area (Å²) in [6.45, 7) is 3.81. The van der Waals surface area contributed by atoms with Crippen molar-refractivity contribution in [3.05, 3.63) is 70.1 Å². The first-order valence-electron chi connectivity index (χ1n) is 7.35. The van der Waals surface area contributed by atoms with Gasteiger partial charge < -0.3 is 10.0 Å². The molecule has 2 heterocycles. The van der Waals surface area contributed by atoms with Crippen LogP contribution in [0.15, 0.2) is 47.3 Å². The van der Waals surface area contributed by atoms with Crippen LogP contribution < -0.4 is 4.90 Å². The molecular formula is C18H15F2NO2S. The van der Waals surface area contributed by atoms with Crippen molar-refractivity contribution >= 4 is 28.6 Å². The van der Waals surface area contributed by atoms with Crippen LogP contribution in [-0.4, -0.2) is 17.6 Å². The molecule has 0 amide bonds. The summed E-state index contributed by atoms with van der Waals surface area (Å²) in [6, 6.07) is 4.08. The number of halogens is 2. The molecule has 2 aromatic rings. The van der Waals surface area contributed by atoms with E-state index < -0.39 is 17.6 Å². The van der Waals surface area contributed by atoms with E-state index in [1.807, 2.05) is 16.8 Å². The maximum atomic E-state index is 13.8. The molecule has 0 unspecified atom stereocenters. The molecule has 0 fully saturated rings. The van der Waals surface area contributed by atoms with Crippen molar-refractivity contribution < 1.29 is 18.7 Å². The maximum absolute atomic E-state index is 13.8. The van der Waals surface area contributed by atoms with E-state index in [-0.39, 0.29) is 18.5 Å². The number of carbonyl (C=O) groups is 1. The van der Waals surface area contributed by atoms with E-state index >= 15 is 0 Å². The second kappa shape index (κ2) is 6.57. The number of hydrogen-bond donors (Lipinski definition) is 1. The molecule has 0 saturated carbocycles. The number of anilines is 1. The van der Waals surface area contributed by atoms with Gasteiger partial charge in [0.05, 0.1) is 5.69 Å². The molecule has 1 aromatic carbocycles. The van der Waals surface area contributed by atoms with Crippen molar-refractivity contribution in [2.24, 2.45) is 0 Å². The highest BCUT2D eigenvalue weighted by Crippen LogP contribution is 2.39. The molecule has 0 spiro atoms. The Kier molecular flexibility index (Phi) is 4.49. The third-order valence-corrected chi connectivity index (χ3v) is 4.67. The van der Waals surface area contributed by atoms with Crippen LogP contribution in [0.25, 0.3) is 5.57 Å². The van der Waals surface area contributed by atoms with Crippen molar-refractivity contribution in [3.8, 4) is 0 Å². The van der Waals surface area contributed by atoms with Crippen molar-refractivity contribution in [1.29, 1.82) is 0 Å². The van der Waals surface area contributed by atoms with Gasteiger partial charge in [-0.3, -0.25) is 4.79 Å². The number of benzene rings is 1. The van der Waals surface area contributed by atoms with Gasteiger partial charge >= 0.3 is 5.97 Å². The van der Waals surface area contributed by atoms with Gasteiger partial charge in [-0.2, -0.15) is 0 Å². The Balaban J connectivity index is 1.86. The zero-order valence-electron chi connectivity index (χ0n) is 12.8. The quantitative estimate of drug-likeness (QED) is 0.868. The van der Waals surface area contributed by atoms with Crippen LogP contribution in [0.3, 0.4) is 0 Å². The van der Waals surface area contributed by atoms with Gasteiger partial charge in [-0.1, -0.05) is 18.7 Å². The smallest absolute Gasteiger partial charge is 0.323 e. The van der Waals surface area contributed by atoms with E-state index in [9.17, 15) is 18.7 Å². The molecule has 0 saturated heterocycles. The van der Waals surface area contributed by atoms with E-state index in [1.54, 1.807) is 4.90 Å². The van der Waals surface area contributed by atoms with Gasteiger partial charge in [-0.25, -0.2) is 8.78 Å². The summed E-state index contributed by atoms with van der Waals surface area (Å²) in [5.41, 5.74) is 3.50. The normalized spacial score (nSPS) is 13.7. The first kappa shape index (κ1) is 16.4. The van der Waals surface area contributed by atoms with E-state index in [1.165, 1.54) is 23.5 Å². The highest BCUT2D eigenvalue weighted by atomic mass is 32.1. The number of carboxylic acids is 1. The lowest BCUT2D eigenvalue weighted by Crippen LogP contribution is -2.31. The fourth-order valence-electron chi connectivity index (χ4n) is 2.78. The van der Waals surface area contributed by atoms with E-state index in [2.05, 4.69) is 6.58 Å². The monoisotopic (exact) mass is 347 g/mol. The molecule has 3 rings (SSSR count). The Labute approximate surface area is 142 Å². The molecule has 124 valence electrons. The van der Waals surface area contributed by atoms with Crippen LogP contribution in [0.1, 0.15) is 17.5 Å². The molecular weight excluding hydrogens is 332 g/mol. The number of thiophene rings is 1. The average molecular weight is 347 g/mol. The maximum Gasteiger partial charge on any atom is 0.323 e. The second-order valence-electron chi connectivity index (χ2n) is 5.52. The summed E-state index contributed by atoms with van der Waals surface area (Å²) >= 11 is 1.47. The Hall–Kier alpha value is -2.47. The molecule has 1 aromatic heterocycles. The van der Waals surface area contributed by atoms with Crippen molar-refractivity contribution in [1.82, 2.24) is 0 Å². The topological polar surface area (TPSA) is 40.5 Å². The molecule has 0 aliphatic carbocycles. The number of rotatable bonds is 5. The molecule has 0 radical (unpaired) electrons. The lowest BCUT2D eigenvalue weighted by atomic mass is 9.99. The highest BCUT2D eigenvalue weighted by Gasteiger charge is 2.24. The Morgan fingerprint density at radius 2 is 2.04 bits per heavy atom. The van der Waals surface area contributed by atoms with Crippen molar-refractivity contribution in [3.63, 3.8) is 0 Å². The minimum Gasteiger partial charge on any atom is -0.480 e. The van der Waals surface area contributed by atoms with Crippen LogP contribution in [0.4, 0.5) is 14.5 Å². The van der Waals surface area contributed by atoms with Crippen molar-refractivity contribution in [2.75, 3.05) is 11.4 Å². The molecule has 24 heavy (non-hydrogen) atoms. The van der Waals surface area contributed by atoms with E-state index in [4.69, 9.17) is 0 Å². The summed E-state index contributed by atoms with van der Waals surface area (Å²) in [6.07, 6.45) is 2.48. The first-order chi connectivity index (χ1) is 11.5. The molecule has 6 heteroatoms. The van der Waals surface area contributed by atoms with Crippen molar-refractivity contribution in [2.45, 2.75) is 12.8 Å². The number of allylic oxidation sites excluding steroid dienone is 3. The number of hydrogen-bond acceptors (Lipinski definition) is 3. The molecule has 0 atom stereocenters. The zero-order valence-corrected chi connectivity index (χ0v) is 13.6. The number of fused-ring (bicyclic) bond motifs is 1. The largest absolute Gasteiger partial charge is 0.480 e. The summed E-state index contributed by atoms with van der Waals surface area (Å²) in [4.78, 5) is 12.9. The minimum absolute atomic E-state index is 0.186. The van der Waals surface area contributed by atoms with Gasteiger partial charge in [0.25, 0.3) is 0 Å². The Bertz CT molecular complexity index is 841. The number of nitrogens with zero attached hydrogens (tertiary/aromatic N) is 1. The lowest BCUT2D eigenvalue weighted by molar-refractivity contribution is -0.135. The fourth-order valence-corrected chi connectivity index (χ4v) is 3.64. The van der Waals surface area contributed by atoms with E-state index in [0.717, 1.165) is 28.6 Å². The third kappa shape index (κ3) is 3.10. The SMILES string of the molecule is C=C1C=C(CCc2cccc(F)c2F)N(CC(=O)O)c2cscc21. The van der Waals surface area contributed by atoms with Crippen LogP contribution in [-0.2, 0) is 11.2 Å². The first-order valence-corrected chi connectivity index (χ1v) is 8.30. The minimum atomic E-state index is -0.956. The molecule has 3 nitrogen and oxygen atoms in total. The van der Waals surface area contributed by atoms with Crippen LogP contribution in [0.2, 0.25) is 0 Å². The number of carboxylic acid groups (broad SMARTS) is 1. The van der Waals surface area contributed by atoms with Crippen LogP contribution >= 0.6 is 11.3 Å². The van der Waals surface area contributed by atoms with Crippen LogP contribution in [0, 0.1) is 11.6 Å². The highest BCUT2D eigenvalue weighted by molar-refractivity contribution is 7.08. The van der Waals surface area contributed by atoms with Gasteiger partial charge in [0, 0.05) is 22.0 Å². The summed E-state index contributed by atoms with van der Waals surface area (Å²) in [7, 11) is 0. The number of aliphatic carboxylic acids is 1.